The molecule has 0 spiro atoms. The smallest absolute Gasteiger partial charge is 0.224 e. The number of likely N-dealkylation sites (tertiary alicyclic amines) is 1. The van der Waals surface area contributed by atoms with Crippen molar-refractivity contribution in [3.05, 3.63) is 34.9 Å². The maximum atomic E-state index is 12.1. The Balaban J connectivity index is 1.63. The molecule has 1 N–H and O–H groups in total. The van der Waals surface area contributed by atoms with Gasteiger partial charge in [-0.1, -0.05) is 23.7 Å². The Labute approximate surface area is 135 Å². The van der Waals surface area contributed by atoms with Crippen molar-refractivity contribution in [3.63, 3.8) is 0 Å². The number of ether oxygens (including phenoxy) is 2. The largest absolute Gasteiger partial charge is 0.350 e. The molecule has 0 unspecified atom stereocenters. The summed E-state index contributed by atoms with van der Waals surface area (Å²) < 4.78 is 10.9. The second-order valence-electron chi connectivity index (χ2n) is 5.73. The molecule has 120 valence electrons. The molecule has 0 radical (unpaired) electrons. The summed E-state index contributed by atoms with van der Waals surface area (Å²) in [5.41, 5.74) is 1.10. The summed E-state index contributed by atoms with van der Waals surface area (Å²) in [6.45, 7) is 2.10. The first kappa shape index (κ1) is 15.7. The summed E-state index contributed by atoms with van der Waals surface area (Å²) in [7, 11) is 1.85. The number of carbonyl (C=O) groups excluding carboxylic acids is 1. The van der Waals surface area contributed by atoms with Crippen molar-refractivity contribution in [2.45, 2.75) is 31.2 Å². The van der Waals surface area contributed by atoms with Gasteiger partial charge in [-0.15, -0.1) is 0 Å². The molecule has 2 heterocycles. The van der Waals surface area contributed by atoms with E-state index in [-0.39, 0.29) is 24.3 Å². The van der Waals surface area contributed by atoms with Crippen molar-refractivity contribution in [3.8, 4) is 0 Å². The summed E-state index contributed by atoms with van der Waals surface area (Å²) in [6, 6.07) is 7.84. The monoisotopic (exact) mass is 324 g/mol. The van der Waals surface area contributed by atoms with Gasteiger partial charge in [-0.3, -0.25) is 4.79 Å². The lowest BCUT2D eigenvalue weighted by Crippen LogP contribution is -2.36. The quantitative estimate of drug-likeness (QED) is 0.899. The van der Waals surface area contributed by atoms with Gasteiger partial charge in [-0.2, -0.15) is 0 Å². The molecule has 0 aliphatic carbocycles. The lowest BCUT2D eigenvalue weighted by molar-refractivity contribution is -0.127. The van der Waals surface area contributed by atoms with Crippen LogP contribution in [0.15, 0.2) is 24.3 Å². The van der Waals surface area contributed by atoms with Gasteiger partial charge in [0.15, 0.2) is 6.29 Å². The number of carbonyl (C=O) groups is 1. The first-order chi connectivity index (χ1) is 10.6. The fourth-order valence-electron chi connectivity index (χ4n) is 3.13. The van der Waals surface area contributed by atoms with Crippen LogP contribution >= 0.6 is 11.6 Å². The van der Waals surface area contributed by atoms with Crippen LogP contribution in [0.5, 0.6) is 0 Å². The lowest BCUT2D eigenvalue weighted by Gasteiger charge is -2.26. The van der Waals surface area contributed by atoms with Crippen molar-refractivity contribution < 1.29 is 14.3 Å². The standard InChI is InChI=1S/C16H21ClN2O3/c1-19-14(20)10-13(18-7-6-15-21-8-9-22-15)16(19)11-2-4-12(17)5-3-11/h2-5,13,15-16,18H,6-10H2,1H3/t13-,16+/m0/s1. The number of nitrogens with zero attached hydrogens (tertiary/aromatic N) is 1. The SMILES string of the molecule is CN1C(=O)C[C@H](NCCC2OCCO2)[C@H]1c1ccc(Cl)cc1. The summed E-state index contributed by atoms with van der Waals surface area (Å²) in [4.78, 5) is 13.9. The van der Waals surface area contributed by atoms with Crippen LogP contribution in [0.25, 0.3) is 0 Å². The number of hydrogen-bond acceptors (Lipinski definition) is 4. The molecular weight excluding hydrogens is 304 g/mol. The van der Waals surface area contributed by atoms with E-state index in [1.807, 2.05) is 36.2 Å². The van der Waals surface area contributed by atoms with E-state index in [9.17, 15) is 4.79 Å². The average molecular weight is 325 g/mol. The van der Waals surface area contributed by atoms with Crippen LogP contribution in [-0.2, 0) is 14.3 Å². The maximum Gasteiger partial charge on any atom is 0.224 e. The van der Waals surface area contributed by atoms with Crippen molar-refractivity contribution in [1.29, 1.82) is 0 Å². The third kappa shape index (κ3) is 3.43. The summed E-state index contributed by atoms with van der Waals surface area (Å²) >= 11 is 5.95. The zero-order chi connectivity index (χ0) is 15.5. The topological polar surface area (TPSA) is 50.8 Å². The Morgan fingerprint density at radius 2 is 1.95 bits per heavy atom. The van der Waals surface area contributed by atoms with Gasteiger partial charge in [-0.05, 0) is 17.7 Å². The predicted octanol–water partition coefficient (Wildman–Crippen LogP) is 1.96. The van der Waals surface area contributed by atoms with E-state index in [1.165, 1.54) is 0 Å². The van der Waals surface area contributed by atoms with Crippen LogP contribution in [0, 0.1) is 0 Å². The van der Waals surface area contributed by atoms with Crippen molar-refractivity contribution in [2.24, 2.45) is 0 Å². The molecule has 0 saturated carbocycles. The molecule has 1 amide bonds. The minimum Gasteiger partial charge on any atom is -0.350 e. The van der Waals surface area contributed by atoms with Crippen molar-refractivity contribution >= 4 is 17.5 Å². The Morgan fingerprint density at radius 1 is 1.27 bits per heavy atom. The molecule has 22 heavy (non-hydrogen) atoms. The van der Waals surface area contributed by atoms with Crippen LogP contribution in [-0.4, -0.2) is 49.9 Å². The lowest BCUT2D eigenvalue weighted by atomic mass is 10.00. The van der Waals surface area contributed by atoms with E-state index in [4.69, 9.17) is 21.1 Å². The Kier molecular flexibility index (Phi) is 4.98. The Bertz CT molecular complexity index is 517. The highest BCUT2D eigenvalue weighted by Crippen LogP contribution is 2.32. The molecular formula is C16H21ClN2O3. The van der Waals surface area contributed by atoms with Crippen LogP contribution in [0.4, 0.5) is 0 Å². The molecule has 2 aliphatic rings. The molecule has 2 fully saturated rings. The second-order valence-corrected chi connectivity index (χ2v) is 6.16. The highest BCUT2D eigenvalue weighted by Gasteiger charge is 2.38. The minimum absolute atomic E-state index is 0.0372. The third-order valence-electron chi connectivity index (χ3n) is 4.28. The number of rotatable bonds is 5. The molecule has 6 heteroatoms. The highest BCUT2D eigenvalue weighted by molar-refractivity contribution is 6.30. The van der Waals surface area contributed by atoms with E-state index in [1.54, 1.807) is 0 Å². The number of amides is 1. The van der Waals surface area contributed by atoms with E-state index in [0.29, 0.717) is 24.7 Å². The Morgan fingerprint density at radius 3 is 2.64 bits per heavy atom. The molecule has 2 aliphatic heterocycles. The van der Waals surface area contributed by atoms with Gasteiger partial charge in [0, 0.05) is 37.5 Å². The van der Waals surface area contributed by atoms with Crippen molar-refractivity contribution in [1.82, 2.24) is 10.2 Å². The van der Waals surface area contributed by atoms with Gasteiger partial charge >= 0.3 is 0 Å². The number of halogens is 1. The second kappa shape index (κ2) is 6.96. The zero-order valence-electron chi connectivity index (χ0n) is 12.6. The normalized spacial score (nSPS) is 26.1. The first-order valence-electron chi connectivity index (χ1n) is 7.63. The average Bonchev–Trinajstić information content (AvgIpc) is 3.10. The van der Waals surface area contributed by atoms with Crippen molar-refractivity contribution in [2.75, 3.05) is 26.8 Å². The van der Waals surface area contributed by atoms with Crippen LogP contribution in [0.3, 0.4) is 0 Å². The van der Waals surface area contributed by atoms with E-state index < -0.39 is 0 Å². The van der Waals surface area contributed by atoms with Gasteiger partial charge in [0.25, 0.3) is 0 Å². The van der Waals surface area contributed by atoms with Gasteiger partial charge < -0.3 is 19.7 Å². The van der Waals surface area contributed by atoms with E-state index in [2.05, 4.69) is 5.32 Å². The third-order valence-corrected chi connectivity index (χ3v) is 4.53. The molecule has 0 bridgehead atoms. The summed E-state index contributed by atoms with van der Waals surface area (Å²) in [5.74, 6) is 0.158. The number of likely N-dealkylation sites (N-methyl/N-ethyl adjacent to an activating group) is 1. The number of nitrogens with one attached hydrogen (secondary N) is 1. The summed E-state index contributed by atoms with van der Waals surface area (Å²) in [5, 5.41) is 4.18. The maximum absolute atomic E-state index is 12.1. The molecule has 2 atom stereocenters. The fourth-order valence-corrected chi connectivity index (χ4v) is 3.25. The Hall–Kier alpha value is -1.14. The number of benzene rings is 1. The van der Waals surface area contributed by atoms with Gasteiger partial charge in [0.05, 0.1) is 19.3 Å². The van der Waals surface area contributed by atoms with Gasteiger partial charge in [0.1, 0.15) is 0 Å². The molecule has 2 saturated heterocycles. The van der Waals surface area contributed by atoms with Gasteiger partial charge in [-0.25, -0.2) is 0 Å². The van der Waals surface area contributed by atoms with E-state index in [0.717, 1.165) is 18.5 Å². The molecule has 1 aromatic rings. The highest BCUT2D eigenvalue weighted by atomic mass is 35.5. The van der Waals surface area contributed by atoms with Crippen LogP contribution < -0.4 is 5.32 Å². The fraction of sp³-hybridized carbons (Fsp3) is 0.562. The van der Waals surface area contributed by atoms with Crippen LogP contribution in [0.1, 0.15) is 24.4 Å². The number of hydrogen-bond donors (Lipinski definition) is 1. The minimum atomic E-state index is -0.115. The molecule has 0 aromatic heterocycles. The molecule has 3 rings (SSSR count). The first-order valence-corrected chi connectivity index (χ1v) is 8.00. The van der Waals surface area contributed by atoms with E-state index >= 15 is 0 Å². The van der Waals surface area contributed by atoms with Crippen LogP contribution in [0.2, 0.25) is 5.02 Å². The van der Waals surface area contributed by atoms with Gasteiger partial charge in [0.2, 0.25) is 5.91 Å². The zero-order valence-corrected chi connectivity index (χ0v) is 13.4. The predicted molar refractivity (Wildman–Crippen MR) is 83.7 cm³/mol. The summed E-state index contributed by atoms with van der Waals surface area (Å²) in [6.07, 6.45) is 1.19. The molecule has 5 nitrogen and oxygen atoms in total. The molecule has 1 aromatic carbocycles.